The minimum atomic E-state index is 1.18. The van der Waals surface area contributed by atoms with Gasteiger partial charge in [-0.3, -0.25) is 0 Å². The minimum Gasteiger partial charge on any atom is -0.309 e. The van der Waals surface area contributed by atoms with Crippen LogP contribution in [-0.2, 0) is 0 Å². The van der Waals surface area contributed by atoms with Gasteiger partial charge in [0.25, 0.3) is 0 Å². The summed E-state index contributed by atoms with van der Waals surface area (Å²) in [6.45, 7) is 0. The molecule has 2 heterocycles. The Bertz CT molecular complexity index is 2450. The number of hydrogen-bond acceptors (Lipinski definition) is 1. The molecule has 0 unspecified atom stereocenters. The number of rotatable bonds is 3. The van der Waals surface area contributed by atoms with Crippen LogP contribution in [0.4, 0.5) is 0 Å². The van der Waals surface area contributed by atoms with Crippen molar-refractivity contribution in [1.82, 2.24) is 4.57 Å². The average Bonchev–Trinajstić information content (AvgIpc) is 3.60. The standard InChI is InChI=1S/C40H25NS/c1-3-9-26(10-4-1)30-18-21-37-34(24-30)40-38(42-37)22-20-35-39(40)33-19-17-31(25-36(33)41(35)32-13-5-2-6-14-32)29-16-15-27-11-7-8-12-28(27)23-29/h1-25H. The van der Waals surface area contributed by atoms with E-state index in [9.17, 15) is 0 Å². The van der Waals surface area contributed by atoms with E-state index in [1.165, 1.54) is 80.7 Å². The third-order valence-corrected chi connectivity index (χ3v) is 9.70. The Morgan fingerprint density at radius 1 is 0.381 bits per heavy atom. The minimum absolute atomic E-state index is 1.18. The molecule has 0 saturated carbocycles. The topological polar surface area (TPSA) is 4.93 Å². The molecular formula is C40H25NS. The van der Waals surface area contributed by atoms with Crippen LogP contribution in [0.5, 0.6) is 0 Å². The number of fused-ring (bicyclic) bond motifs is 8. The summed E-state index contributed by atoms with van der Waals surface area (Å²) in [5.41, 5.74) is 8.61. The van der Waals surface area contributed by atoms with Crippen LogP contribution in [0.1, 0.15) is 0 Å². The van der Waals surface area contributed by atoms with E-state index >= 15 is 0 Å². The molecule has 0 saturated heterocycles. The smallest absolute Gasteiger partial charge is 0.0548 e. The van der Waals surface area contributed by atoms with E-state index in [0.717, 1.165) is 0 Å². The molecule has 0 aliphatic rings. The van der Waals surface area contributed by atoms with Crippen molar-refractivity contribution in [2.75, 3.05) is 0 Å². The van der Waals surface area contributed by atoms with Crippen molar-refractivity contribution < 1.29 is 0 Å². The fourth-order valence-corrected chi connectivity index (χ4v) is 7.68. The van der Waals surface area contributed by atoms with Crippen molar-refractivity contribution in [3.63, 3.8) is 0 Å². The van der Waals surface area contributed by atoms with Crippen LogP contribution in [0.25, 0.3) is 80.7 Å². The van der Waals surface area contributed by atoms with Crippen molar-refractivity contribution in [3.05, 3.63) is 152 Å². The predicted molar refractivity (Wildman–Crippen MR) is 182 cm³/mol. The molecule has 0 radical (unpaired) electrons. The molecule has 0 atom stereocenters. The highest BCUT2D eigenvalue weighted by molar-refractivity contribution is 7.26. The summed E-state index contributed by atoms with van der Waals surface area (Å²) >= 11 is 1.89. The molecule has 0 N–H and O–H groups in total. The lowest BCUT2D eigenvalue weighted by Crippen LogP contribution is -1.93. The maximum absolute atomic E-state index is 2.44. The second-order valence-electron chi connectivity index (χ2n) is 11.0. The maximum atomic E-state index is 2.44. The summed E-state index contributed by atoms with van der Waals surface area (Å²) in [5, 5.41) is 7.82. The molecule has 2 aromatic heterocycles. The quantitative estimate of drug-likeness (QED) is 0.206. The molecule has 0 spiro atoms. The van der Waals surface area contributed by atoms with Gasteiger partial charge in [0.2, 0.25) is 0 Å². The fourth-order valence-electron chi connectivity index (χ4n) is 6.59. The van der Waals surface area contributed by atoms with Gasteiger partial charge < -0.3 is 4.57 Å². The van der Waals surface area contributed by atoms with Gasteiger partial charge in [-0.2, -0.15) is 0 Å². The van der Waals surface area contributed by atoms with Gasteiger partial charge in [-0.15, -0.1) is 11.3 Å². The van der Waals surface area contributed by atoms with Crippen LogP contribution >= 0.6 is 11.3 Å². The number of benzene rings is 7. The van der Waals surface area contributed by atoms with Crippen LogP contribution < -0.4 is 0 Å². The molecular weight excluding hydrogens is 527 g/mol. The Kier molecular flexibility index (Phi) is 5.13. The van der Waals surface area contributed by atoms with E-state index in [2.05, 4.69) is 156 Å². The number of hydrogen-bond donors (Lipinski definition) is 0. The average molecular weight is 552 g/mol. The Hall–Kier alpha value is -5.18. The molecule has 2 heteroatoms. The Morgan fingerprint density at radius 2 is 1.05 bits per heavy atom. The monoisotopic (exact) mass is 551 g/mol. The Balaban J connectivity index is 1.37. The Labute approximate surface area is 247 Å². The van der Waals surface area contributed by atoms with Gasteiger partial charge in [0.05, 0.1) is 11.0 Å². The highest BCUT2D eigenvalue weighted by Crippen LogP contribution is 2.45. The van der Waals surface area contributed by atoms with Gasteiger partial charge in [0.15, 0.2) is 0 Å². The molecule has 0 aliphatic carbocycles. The SMILES string of the molecule is c1ccc(-c2ccc3sc4ccc5c(c6ccc(-c7ccc8ccccc8c7)cc6n5-c5ccccc5)c4c3c2)cc1. The van der Waals surface area contributed by atoms with Crippen LogP contribution in [0.15, 0.2) is 152 Å². The fraction of sp³-hybridized carbons (Fsp3) is 0. The highest BCUT2D eigenvalue weighted by Gasteiger charge is 2.19. The van der Waals surface area contributed by atoms with Gasteiger partial charge in [0, 0.05) is 36.6 Å². The summed E-state index contributed by atoms with van der Waals surface area (Å²) < 4.78 is 5.10. The zero-order valence-corrected chi connectivity index (χ0v) is 23.6. The first-order valence-electron chi connectivity index (χ1n) is 14.4. The Morgan fingerprint density at radius 3 is 1.90 bits per heavy atom. The summed E-state index contributed by atoms with van der Waals surface area (Å²) in [6, 6.07) is 55.4. The van der Waals surface area contributed by atoms with Crippen LogP contribution in [-0.4, -0.2) is 4.57 Å². The molecule has 196 valence electrons. The van der Waals surface area contributed by atoms with Gasteiger partial charge in [-0.1, -0.05) is 103 Å². The van der Waals surface area contributed by atoms with Crippen molar-refractivity contribution in [1.29, 1.82) is 0 Å². The lowest BCUT2D eigenvalue weighted by molar-refractivity contribution is 1.18. The van der Waals surface area contributed by atoms with Crippen LogP contribution in [0.3, 0.4) is 0 Å². The molecule has 0 aliphatic heterocycles. The van der Waals surface area contributed by atoms with E-state index in [-0.39, 0.29) is 0 Å². The van der Waals surface area contributed by atoms with E-state index in [1.54, 1.807) is 0 Å². The lowest BCUT2D eigenvalue weighted by Gasteiger charge is -2.09. The third kappa shape index (κ3) is 3.56. The summed E-state index contributed by atoms with van der Waals surface area (Å²) in [7, 11) is 0. The molecule has 0 bridgehead atoms. The van der Waals surface area contributed by atoms with Gasteiger partial charge >= 0.3 is 0 Å². The van der Waals surface area contributed by atoms with E-state index in [4.69, 9.17) is 0 Å². The summed E-state index contributed by atoms with van der Waals surface area (Å²) in [6.07, 6.45) is 0. The summed E-state index contributed by atoms with van der Waals surface area (Å²) in [4.78, 5) is 0. The molecule has 9 rings (SSSR count). The zero-order chi connectivity index (χ0) is 27.6. The summed E-state index contributed by atoms with van der Waals surface area (Å²) in [5.74, 6) is 0. The third-order valence-electron chi connectivity index (χ3n) is 8.57. The number of para-hydroxylation sites is 1. The second-order valence-corrected chi connectivity index (χ2v) is 12.1. The molecule has 42 heavy (non-hydrogen) atoms. The number of aromatic nitrogens is 1. The van der Waals surface area contributed by atoms with Gasteiger partial charge in [-0.25, -0.2) is 0 Å². The largest absolute Gasteiger partial charge is 0.309 e. The van der Waals surface area contributed by atoms with Crippen LogP contribution in [0.2, 0.25) is 0 Å². The van der Waals surface area contributed by atoms with Crippen molar-refractivity contribution in [2.24, 2.45) is 0 Å². The molecule has 0 fully saturated rings. The van der Waals surface area contributed by atoms with Crippen LogP contribution in [0, 0.1) is 0 Å². The molecule has 7 aromatic carbocycles. The predicted octanol–water partition coefficient (Wildman–Crippen LogP) is 11.6. The number of nitrogens with zero attached hydrogens (tertiary/aromatic N) is 1. The van der Waals surface area contributed by atoms with E-state index in [1.807, 2.05) is 11.3 Å². The zero-order valence-electron chi connectivity index (χ0n) is 22.8. The van der Waals surface area contributed by atoms with Gasteiger partial charge in [-0.05, 0) is 81.6 Å². The highest BCUT2D eigenvalue weighted by atomic mass is 32.1. The first-order valence-corrected chi connectivity index (χ1v) is 15.2. The van der Waals surface area contributed by atoms with Gasteiger partial charge in [0.1, 0.15) is 0 Å². The van der Waals surface area contributed by atoms with E-state index < -0.39 is 0 Å². The second kappa shape index (κ2) is 9.17. The molecule has 1 nitrogen and oxygen atoms in total. The number of thiophene rings is 1. The van der Waals surface area contributed by atoms with Crippen molar-refractivity contribution in [2.45, 2.75) is 0 Å². The lowest BCUT2D eigenvalue weighted by atomic mass is 9.98. The molecule has 9 aromatic rings. The first-order chi connectivity index (χ1) is 20.8. The van der Waals surface area contributed by atoms with E-state index in [0.29, 0.717) is 0 Å². The normalized spacial score (nSPS) is 11.8. The maximum Gasteiger partial charge on any atom is 0.0548 e. The molecule has 0 amide bonds. The van der Waals surface area contributed by atoms with Crippen molar-refractivity contribution >= 4 is 64.1 Å². The van der Waals surface area contributed by atoms with Crippen molar-refractivity contribution in [3.8, 4) is 27.9 Å². The first kappa shape index (κ1) is 23.5.